The normalized spacial score (nSPS) is 13.2. The number of thiazole rings is 1. The van der Waals surface area contributed by atoms with Gasteiger partial charge in [0.25, 0.3) is 0 Å². The van der Waals surface area contributed by atoms with E-state index < -0.39 is 0 Å². The van der Waals surface area contributed by atoms with Crippen molar-refractivity contribution in [3.63, 3.8) is 0 Å². The summed E-state index contributed by atoms with van der Waals surface area (Å²) in [5.74, 6) is 0.237. The third-order valence-corrected chi connectivity index (χ3v) is 7.86. The minimum absolute atomic E-state index is 0.0449. The van der Waals surface area contributed by atoms with Crippen molar-refractivity contribution < 1.29 is 4.79 Å². The highest BCUT2D eigenvalue weighted by molar-refractivity contribution is 8.00. The average molecular weight is 462 g/mol. The van der Waals surface area contributed by atoms with Gasteiger partial charge in [-0.05, 0) is 42.5 Å². The number of thioether (sulfide) groups is 1. The largest absolute Gasteiger partial charge is 0.343 e. The number of benzene rings is 2. The van der Waals surface area contributed by atoms with Gasteiger partial charge in [0, 0.05) is 18.8 Å². The summed E-state index contributed by atoms with van der Waals surface area (Å²) >= 11 is 3.03. The molecule has 8 heteroatoms. The zero-order valence-corrected chi connectivity index (χ0v) is 19.6. The summed E-state index contributed by atoms with van der Waals surface area (Å²) in [7, 11) is 0. The predicted octanol–water partition coefficient (Wildman–Crippen LogP) is 5.00. The molecule has 1 aliphatic heterocycles. The lowest BCUT2D eigenvalue weighted by molar-refractivity contribution is -0.113. The number of carbonyl (C=O) groups is 1. The van der Waals surface area contributed by atoms with Gasteiger partial charge in [-0.3, -0.25) is 4.79 Å². The summed E-state index contributed by atoms with van der Waals surface area (Å²) in [5.41, 5.74) is 6.46. The number of hydrogen-bond donors (Lipinski definition) is 1. The molecule has 0 bridgehead atoms. The molecular weight excluding hydrogens is 438 g/mol. The summed E-state index contributed by atoms with van der Waals surface area (Å²) < 4.78 is 0.936. The van der Waals surface area contributed by atoms with Crippen LogP contribution in [0.3, 0.4) is 0 Å². The highest BCUT2D eigenvalue weighted by Gasteiger charge is 2.21. The fraction of sp³-hybridized carbons (Fsp3) is 0.250. The molecule has 5 rings (SSSR count). The quantitative estimate of drug-likeness (QED) is 0.333. The van der Waals surface area contributed by atoms with Crippen LogP contribution in [0.25, 0.3) is 10.3 Å². The Hall–Kier alpha value is -2.97. The van der Waals surface area contributed by atoms with Crippen molar-refractivity contribution >= 4 is 50.2 Å². The topological polar surface area (TPSA) is 71.0 Å². The molecule has 2 aromatic carbocycles. The van der Waals surface area contributed by atoms with Crippen LogP contribution >= 0.6 is 23.1 Å². The molecule has 2 aromatic heterocycles. The van der Waals surface area contributed by atoms with Gasteiger partial charge < -0.3 is 10.2 Å². The van der Waals surface area contributed by atoms with E-state index in [1.165, 1.54) is 29.2 Å². The van der Waals surface area contributed by atoms with Gasteiger partial charge >= 0.3 is 0 Å². The Morgan fingerprint density at radius 1 is 1.09 bits per heavy atom. The lowest BCUT2D eigenvalue weighted by Crippen LogP contribution is -2.30. The van der Waals surface area contributed by atoms with E-state index in [-0.39, 0.29) is 11.7 Å². The van der Waals surface area contributed by atoms with E-state index in [1.807, 2.05) is 32.0 Å². The van der Waals surface area contributed by atoms with E-state index in [0.717, 1.165) is 51.2 Å². The smallest absolute Gasteiger partial charge is 0.234 e. The summed E-state index contributed by atoms with van der Waals surface area (Å²) in [6.45, 7) is 5.79. The molecule has 0 radical (unpaired) electrons. The number of rotatable bonds is 5. The van der Waals surface area contributed by atoms with Gasteiger partial charge in [0.05, 0.1) is 5.75 Å². The maximum Gasteiger partial charge on any atom is 0.234 e. The second-order valence-corrected chi connectivity index (χ2v) is 9.81. The minimum atomic E-state index is -0.0449. The molecule has 0 saturated heterocycles. The van der Waals surface area contributed by atoms with Gasteiger partial charge in [-0.1, -0.05) is 65.6 Å². The summed E-state index contributed by atoms with van der Waals surface area (Å²) in [4.78, 5) is 28.5. The Bertz CT molecular complexity index is 1280. The maximum absolute atomic E-state index is 12.6. The molecule has 1 aliphatic rings. The Morgan fingerprint density at radius 3 is 2.69 bits per heavy atom. The fourth-order valence-electron chi connectivity index (χ4n) is 3.94. The number of aryl methyl sites for hydroxylation is 2. The first kappa shape index (κ1) is 20.9. The van der Waals surface area contributed by atoms with Gasteiger partial charge in [0.1, 0.15) is 16.1 Å². The first-order valence-corrected chi connectivity index (χ1v) is 12.3. The molecule has 0 unspecified atom stereocenters. The lowest BCUT2D eigenvalue weighted by atomic mass is 10.0. The van der Waals surface area contributed by atoms with Gasteiger partial charge in [-0.15, -0.1) is 0 Å². The first-order chi connectivity index (χ1) is 15.6. The van der Waals surface area contributed by atoms with Crippen LogP contribution in [0.5, 0.6) is 0 Å². The zero-order chi connectivity index (χ0) is 22.1. The molecule has 162 valence electrons. The molecule has 0 saturated carbocycles. The molecule has 0 fully saturated rings. The second-order valence-electron chi connectivity index (χ2n) is 7.87. The maximum atomic E-state index is 12.6. The van der Waals surface area contributed by atoms with Gasteiger partial charge in [0.2, 0.25) is 5.91 Å². The summed E-state index contributed by atoms with van der Waals surface area (Å²) in [5, 5.41) is 4.79. The molecule has 0 atom stereocenters. The van der Waals surface area contributed by atoms with Crippen molar-refractivity contribution in [2.75, 3.05) is 22.5 Å². The van der Waals surface area contributed by atoms with Crippen LogP contribution in [-0.4, -0.2) is 33.2 Å². The summed E-state index contributed by atoms with van der Waals surface area (Å²) in [6, 6.07) is 14.6. The SMILES string of the molecule is Cc1cccc(C)c1NC(=O)CSc1ncnc2nc(N3CCc4ccccc4C3)sc12. The van der Waals surface area contributed by atoms with E-state index in [1.54, 1.807) is 11.3 Å². The average Bonchev–Trinajstić information content (AvgIpc) is 3.25. The Balaban J connectivity index is 1.31. The van der Waals surface area contributed by atoms with Gasteiger partial charge in [0.15, 0.2) is 10.8 Å². The number of fused-ring (bicyclic) bond motifs is 2. The van der Waals surface area contributed by atoms with Crippen LogP contribution < -0.4 is 10.2 Å². The summed E-state index contributed by atoms with van der Waals surface area (Å²) in [6.07, 6.45) is 2.54. The molecule has 1 N–H and O–H groups in total. The van der Waals surface area contributed by atoms with E-state index in [4.69, 9.17) is 4.98 Å². The van der Waals surface area contributed by atoms with Crippen LogP contribution in [0, 0.1) is 13.8 Å². The van der Waals surface area contributed by atoms with Crippen molar-refractivity contribution in [3.05, 3.63) is 71.0 Å². The minimum Gasteiger partial charge on any atom is -0.343 e. The monoisotopic (exact) mass is 461 g/mol. The molecule has 32 heavy (non-hydrogen) atoms. The molecule has 1 amide bonds. The number of hydrogen-bond acceptors (Lipinski definition) is 7. The van der Waals surface area contributed by atoms with Crippen LogP contribution in [0.15, 0.2) is 53.8 Å². The van der Waals surface area contributed by atoms with E-state index in [2.05, 4.69) is 44.5 Å². The van der Waals surface area contributed by atoms with Crippen LogP contribution in [0.2, 0.25) is 0 Å². The van der Waals surface area contributed by atoms with E-state index >= 15 is 0 Å². The fourth-order valence-corrected chi connectivity index (χ4v) is 5.86. The van der Waals surface area contributed by atoms with E-state index in [9.17, 15) is 4.79 Å². The van der Waals surface area contributed by atoms with Crippen molar-refractivity contribution in [1.82, 2.24) is 15.0 Å². The molecule has 3 heterocycles. The highest BCUT2D eigenvalue weighted by atomic mass is 32.2. The number of para-hydroxylation sites is 1. The molecule has 0 aliphatic carbocycles. The van der Waals surface area contributed by atoms with Crippen molar-refractivity contribution in [2.45, 2.75) is 31.8 Å². The molecule has 4 aromatic rings. The number of nitrogens with zero attached hydrogens (tertiary/aromatic N) is 4. The van der Waals surface area contributed by atoms with Crippen LogP contribution in [-0.2, 0) is 17.8 Å². The number of amides is 1. The Labute approximate surface area is 195 Å². The predicted molar refractivity (Wildman–Crippen MR) is 132 cm³/mol. The number of aromatic nitrogens is 3. The van der Waals surface area contributed by atoms with Crippen molar-refractivity contribution in [1.29, 1.82) is 0 Å². The third kappa shape index (κ3) is 4.20. The van der Waals surface area contributed by atoms with Crippen molar-refractivity contribution in [2.24, 2.45) is 0 Å². The number of nitrogens with one attached hydrogen (secondary N) is 1. The van der Waals surface area contributed by atoms with Gasteiger partial charge in [-0.2, -0.15) is 4.98 Å². The van der Waals surface area contributed by atoms with Gasteiger partial charge in [-0.25, -0.2) is 9.97 Å². The Kier molecular flexibility index (Phi) is 5.80. The third-order valence-electron chi connectivity index (χ3n) is 5.63. The molecule has 6 nitrogen and oxygen atoms in total. The van der Waals surface area contributed by atoms with Crippen LogP contribution in [0.4, 0.5) is 10.8 Å². The van der Waals surface area contributed by atoms with E-state index in [0.29, 0.717) is 5.65 Å². The zero-order valence-electron chi connectivity index (χ0n) is 18.0. The standard InChI is InChI=1S/C24H23N5OS2/c1-15-6-5-7-16(2)20(15)27-19(30)13-31-23-21-22(25-14-26-23)28-24(32-21)29-11-10-17-8-3-4-9-18(17)12-29/h3-9,14H,10-13H2,1-2H3,(H,27,30). The molecule has 0 spiro atoms. The number of anilines is 2. The van der Waals surface area contributed by atoms with Crippen LogP contribution in [0.1, 0.15) is 22.3 Å². The first-order valence-electron chi connectivity index (χ1n) is 10.5. The lowest BCUT2D eigenvalue weighted by Gasteiger charge is -2.28. The highest BCUT2D eigenvalue weighted by Crippen LogP contribution is 2.35. The second kappa shape index (κ2) is 8.88. The number of carbonyl (C=O) groups excluding carboxylic acids is 1. The van der Waals surface area contributed by atoms with Crippen molar-refractivity contribution in [3.8, 4) is 0 Å². The Morgan fingerprint density at radius 2 is 1.88 bits per heavy atom. The molecular formula is C24H23N5OS2.